The first-order valence-electron chi connectivity index (χ1n) is 7.64. The van der Waals surface area contributed by atoms with Crippen molar-refractivity contribution in [3.63, 3.8) is 0 Å². The molecule has 3 rings (SSSR count). The molecule has 0 aliphatic rings. The maximum atomic E-state index is 4.28. The third-order valence-corrected chi connectivity index (χ3v) is 3.41. The number of benzene rings is 1. The number of anilines is 2. The van der Waals surface area contributed by atoms with Crippen LogP contribution in [-0.4, -0.2) is 21.5 Å². The molecule has 0 aliphatic heterocycles. The van der Waals surface area contributed by atoms with Gasteiger partial charge in [0.1, 0.15) is 18.0 Å². The highest BCUT2D eigenvalue weighted by atomic mass is 15.1. The van der Waals surface area contributed by atoms with Crippen LogP contribution in [0.3, 0.4) is 0 Å². The summed E-state index contributed by atoms with van der Waals surface area (Å²) < 4.78 is 0. The average Bonchev–Trinajstić information content (AvgIpc) is 2.62. The molecule has 0 amide bonds. The van der Waals surface area contributed by atoms with E-state index in [2.05, 4.69) is 49.9 Å². The first-order chi connectivity index (χ1) is 11.4. The lowest BCUT2D eigenvalue weighted by molar-refractivity contribution is 0.990. The molecule has 116 valence electrons. The minimum absolute atomic E-state index is 0.640. The number of hydrogen-bond acceptors (Lipinski definition) is 5. The molecule has 2 N–H and O–H groups in total. The Morgan fingerprint density at radius 3 is 2.35 bits per heavy atom. The van der Waals surface area contributed by atoms with Crippen molar-refractivity contribution < 1.29 is 0 Å². The highest BCUT2D eigenvalue weighted by Crippen LogP contribution is 2.10. The number of hydrogen-bond donors (Lipinski definition) is 2. The molecule has 0 spiro atoms. The van der Waals surface area contributed by atoms with E-state index in [0.717, 1.165) is 30.3 Å². The van der Waals surface area contributed by atoms with Crippen LogP contribution in [0.5, 0.6) is 0 Å². The van der Waals surface area contributed by atoms with Crippen molar-refractivity contribution in [1.82, 2.24) is 15.0 Å². The molecule has 0 unspecified atom stereocenters. The van der Waals surface area contributed by atoms with Gasteiger partial charge in [0, 0.05) is 18.8 Å². The molecule has 1 aromatic carbocycles. The number of pyridine rings is 1. The molecule has 0 saturated heterocycles. The Labute approximate surface area is 135 Å². The molecular weight excluding hydrogens is 286 g/mol. The smallest absolute Gasteiger partial charge is 0.131 e. The molecule has 0 fully saturated rings. The van der Waals surface area contributed by atoms with Crippen LogP contribution in [-0.2, 0) is 13.0 Å². The zero-order valence-electron chi connectivity index (χ0n) is 12.8. The summed E-state index contributed by atoms with van der Waals surface area (Å²) >= 11 is 0. The normalized spacial score (nSPS) is 10.3. The maximum absolute atomic E-state index is 4.28. The quantitative estimate of drug-likeness (QED) is 0.702. The Hall–Kier alpha value is -2.95. The summed E-state index contributed by atoms with van der Waals surface area (Å²) in [6.45, 7) is 1.47. The summed E-state index contributed by atoms with van der Waals surface area (Å²) in [6.07, 6.45) is 4.31. The Bertz CT molecular complexity index is 716. The SMILES string of the molecule is c1ccc(CCNc2cc(NCc3ccccn3)ncn2)cc1. The van der Waals surface area contributed by atoms with Gasteiger partial charge in [-0.1, -0.05) is 36.4 Å². The lowest BCUT2D eigenvalue weighted by Gasteiger charge is -2.08. The Balaban J connectivity index is 1.51. The zero-order chi connectivity index (χ0) is 15.7. The van der Waals surface area contributed by atoms with Crippen molar-refractivity contribution >= 4 is 11.6 Å². The Kier molecular flexibility index (Phi) is 5.13. The minimum Gasteiger partial charge on any atom is -0.370 e. The largest absolute Gasteiger partial charge is 0.370 e. The van der Waals surface area contributed by atoms with Gasteiger partial charge in [0.2, 0.25) is 0 Å². The predicted molar refractivity (Wildman–Crippen MR) is 92.2 cm³/mol. The molecule has 0 atom stereocenters. The lowest BCUT2D eigenvalue weighted by atomic mass is 10.1. The van der Waals surface area contributed by atoms with E-state index in [9.17, 15) is 0 Å². The molecular formula is C18H19N5. The molecule has 23 heavy (non-hydrogen) atoms. The molecule has 0 radical (unpaired) electrons. The Morgan fingerprint density at radius 2 is 1.57 bits per heavy atom. The zero-order valence-corrected chi connectivity index (χ0v) is 12.8. The molecule has 2 heterocycles. The number of nitrogens with zero attached hydrogens (tertiary/aromatic N) is 3. The summed E-state index contributed by atoms with van der Waals surface area (Å²) in [5.41, 5.74) is 2.28. The summed E-state index contributed by atoms with van der Waals surface area (Å²) in [5, 5.41) is 6.58. The first-order valence-corrected chi connectivity index (χ1v) is 7.64. The second-order valence-electron chi connectivity index (χ2n) is 5.13. The predicted octanol–water partition coefficient (Wildman–Crippen LogP) is 3.14. The second-order valence-corrected chi connectivity index (χ2v) is 5.13. The number of rotatable bonds is 7. The summed E-state index contributed by atoms with van der Waals surface area (Å²) in [6, 6.07) is 18.2. The van der Waals surface area contributed by atoms with Crippen LogP contribution >= 0.6 is 0 Å². The molecule has 2 aromatic heterocycles. The number of nitrogens with one attached hydrogen (secondary N) is 2. The van der Waals surface area contributed by atoms with Crippen molar-refractivity contribution in [1.29, 1.82) is 0 Å². The van der Waals surface area contributed by atoms with Gasteiger partial charge in [0.05, 0.1) is 12.2 Å². The van der Waals surface area contributed by atoms with E-state index < -0.39 is 0 Å². The lowest BCUT2D eigenvalue weighted by Crippen LogP contribution is -2.08. The fourth-order valence-corrected chi connectivity index (χ4v) is 2.21. The van der Waals surface area contributed by atoms with E-state index in [0.29, 0.717) is 6.54 Å². The van der Waals surface area contributed by atoms with E-state index in [4.69, 9.17) is 0 Å². The third-order valence-electron chi connectivity index (χ3n) is 3.41. The van der Waals surface area contributed by atoms with Crippen molar-refractivity contribution in [3.05, 3.63) is 78.4 Å². The molecule has 5 heteroatoms. The highest BCUT2D eigenvalue weighted by Gasteiger charge is 2.00. The van der Waals surface area contributed by atoms with Gasteiger partial charge in [0.15, 0.2) is 0 Å². The van der Waals surface area contributed by atoms with Gasteiger partial charge >= 0.3 is 0 Å². The van der Waals surface area contributed by atoms with Crippen LogP contribution in [0.4, 0.5) is 11.6 Å². The van der Waals surface area contributed by atoms with Gasteiger partial charge in [-0.2, -0.15) is 0 Å². The van der Waals surface area contributed by atoms with Crippen LogP contribution in [0.15, 0.2) is 67.1 Å². The maximum Gasteiger partial charge on any atom is 0.131 e. The van der Waals surface area contributed by atoms with E-state index in [1.807, 2.05) is 30.3 Å². The van der Waals surface area contributed by atoms with Crippen molar-refractivity contribution in [2.24, 2.45) is 0 Å². The molecule has 5 nitrogen and oxygen atoms in total. The first kappa shape index (κ1) is 15.0. The Morgan fingerprint density at radius 1 is 0.783 bits per heavy atom. The number of aromatic nitrogens is 3. The average molecular weight is 305 g/mol. The van der Waals surface area contributed by atoms with Gasteiger partial charge in [-0.25, -0.2) is 9.97 Å². The van der Waals surface area contributed by atoms with Gasteiger partial charge in [-0.3, -0.25) is 4.98 Å². The van der Waals surface area contributed by atoms with E-state index in [1.54, 1.807) is 12.5 Å². The van der Waals surface area contributed by atoms with Crippen molar-refractivity contribution in [2.45, 2.75) is 13.0 Å². The summed E-state index contributed by atoms with van der Waals surface area (Å²) in [4.78, 5) is 12.8. The van der Waals surface area contributed by atoms with Crippen LogP contribution in [0.2, 0.25) is 0 Å². The van der Waals surface area contributed by atoms with Gasteiger partial charge in [-0.15, -0.1) is 0 Å². The molecule has 0 bridgehead atoms. The topological polar surface area (TPSA) is 62.7 Å². The summed E-state index contributed by atoms with van der Waals surface area (Å²) in [7, 11) is 0. The fraction of sp³-hybridized carbons (Fsp3) is 0.167. The monoisotopic (exact) mass is 305 g/mol. The van der Waals surface area contributed by atoms with Crippen LogP contribution < -0.4 is 10.6 Å². The standard InChI is InChI=1S/C18H19N5/c1-2-6-15(7-3-1)9-11-20-17-12-18(23-14-22-17)21-13-16-8-4-5-10-19-16/h1-8,10,12,14H,9,11,13H2,(H2,20,21,22,23). The van der Waals surface area contributed by atoms with E-state index in [-0.39, 0.29) is 0 Å². The molecule has 3 aromatic rings. The minimum atomic E-state index is 0.640. The van der Waals surface area contributed by atoms with Gasteiger partial charge in [-0.05, 0) is 24.1 Å². The van der Waals surface area contributed by atoms with Gasteiger partial charge < -0.3 is 10.6 Å². The molecule has 0 aliphatic carbocycles. The van der Waals surface area contributed by atoms with Crippen molar-refractivity contribution in [2.75, 3.05) is 17.2 Å². The van der Waals surface area contributed by atoms with E-state index in [1.165, 1.54) is 5.56 Å². The van der Waals surface area contributed by atoms with Crippen LogP contribution in [0.1, 0.15) is 11.3 Å². The van der Waals surface area contributed by atoms with Crippen molar-refractivity contribution in [3.8, 4) is 0 Å². The molecule has 0 saturated carbocycles. The second kappa shape index (κ2) is 7.89. The van der Waals surface area contributed by atoms with Gasteiger partial charge in [0.25, 0.3) is 0 Å². The van der Waals surface area contributed by atoms with Crippen LogP contribution in [0, 0.1) is 0 Å². The van der Waals surface area contributed by atoms with E-state index >= 15 is 0 Å². The van der Waals surface area contributed by atoms with Crippen LogP contribution in [0.25, 0.3) is 0 Å². The summed E-state index contributed by atoms with van der Waals surface area (Å²) in [5.74, 6) is 1.60. The fourth-order valence-electron chi connectivity index (χ4n) is 2.21. The third kappa shape index (κ3) is 4.78. The highest BCUT2D eigenvalue weighted by molar-refractivity contribution is 5.46.